The van der Waals surface area contributed by atoms with Gasteiger partial charge in [0.05, 0.1) is 6.04 Å². The molecule has 0 aliphatic rings. The number of carbonyl (C=O) groups excluding carboxylic acids is 4. The molecule has 4 amide bonds. The van der Waals surface area contributed by atoms with E-state index >= 15 is 4.39 Å². The molecule has 0 saturated heterocycles. The molecule has 18 heteroatoms. The van der Waals surface area contributed by atoms with Gasteiger partial charge in [-0.05, 0) is 54.5 Å². The van der Waals surface area contributed by atoms with E-state index in [0.29, 0.717) is 11.3 Å². The zero-order valence-corrected chi connectivity index (χ0v) is 32.6. The van der Waals surface area contributed by atoms with Crippen LogP contribution >= 0.6 is 0 Å². The third kappa shape index (κ3) is 14.3. The smallest absolute Gasteiger partial charge is 0.326 e. The molecule has 3 aromatic rings. The monoisotopic (exact) mass is 814 g/mol. The molecule has 0 fully saturated rings. The van der Waals surface area contributed by atoms with Gasteiger partial charge < -0.3 is 51.6 Å². The number of carboxylic acid groups (broad SMARTS) is 2. The maximum absolute atomic E-state index is 15.1. The number of nitrogens with two attached hydrogens (primary N) is 1. The van der Waals surface area contributed by atoms with Gasteiger partial charge in [-0.3, -0.25) is 24.0 Å². The number of hydrogen-bond acceptors (Lipinski definition) is 9. The van der Waals surface area contributed by atoms with Gasteiger partial charge in [-0.1, -0.05) is 51.1 Å². The summed E-state index contributed by atoms with van der Waals surface area (Å²) in [5.74, 6) is -7.01. The normalized spacial score (nSPS) is 13.4. The average Bonchev–Trinajstić information content (AvgIpc) is 3.55. The van der Waals surface area contributed by atoms with Crippen LogP contribution in [0.15, 0.2) is 60.8 Å². The Balaban J connectivity index is 1.96. The summed E-state index contributed by atoms with van der Waals surface area (Å²) < 4.78 is 31.3. The van der Waals surface area contributed by atoms with Gasteiger partial charge in [0.1, 0.15) is 36.6 Å². The fraction of sp³-hybridized carbons (Fsp3) is 0.450. The van der Waals surface area contributed by atoms with Gasteiger partial charge in [0, 0.05) is 61.9 Å². The van der Waals surface area contributed by atoms with E-state index in [-0.39, 0.29) is 50.9 Å². The molecule has 3 rings (SSSR count). The number of aliphatic hydroxyl groups excluding tert-OH is 2. The number of amides is 4. The van der Waals surface area contributed by atoms with Crippen LogP contribution in [0.3, 0.4) is 0 Å². The maximum Gasteiger partial charge on any atom is 0.326 e. The molecule has 0 radical (unpaired) electrons. The number of nitrogens with zero attached hydrogens (tertiary/aromatic N) is 2. The first-order valence-electron chi connectivity index (χ1n) is 18.6. The lowest BCUT2D eigenvalue weighted by atomic mass is 9.82. The Morgan fingerprint density at radius 2 is 1.52 bits per heavy atom. The predicted octanol–water partition coefficient (Wildman–Crippen LogP) is 2.26. The summed E-state index contributed by atoms with van der Waals surface area (Å²) in [6.45, 7) is 4.28. The second-order valence-electron chi connectivity index (χ2n) is 14.9. The van der Waals surface area contributed by atoms with Crippen molar-refractivity contribution in [3.8, 4) is 11.1 Å². The highest BCUT2D eigenvalue weighted by Gasteiger charge is 2.38. The summed E-state index contributed by atoms with van der Waals surface area (Å²) in [6, 6.07) is 10.3. The summed E-state index contributed by atoms with van der Waals surface area (Å²) in [5.41, 5.74) is 6.24. The largest absolute Gasteiger partial charge is 0.481 e. The topological polar surface area (TPSA) is 254 Å². The van der Waals surface area contributed by atoms with Crippen LogP contribution in [0, 0.1) is 17.0 Å². The van der Waals surface area contributed by atoms with Gasteiger partial charge in [0.2, 0.25) is 23.6 Å². The Bertz CT molecular complexity index is 1900. The molecule has 0 spiro atoms. The van der Waals surface area contributed by atoms with Crippen LogP contribution < -0.4 is 21.7 Å². The first-order valence-corrected chi connectivity index (χ1v) is 18.6. The van der Waals surface area contributed by atoms with E-state index in [2.05, 4.69) is 16.0 Å². The number of benzene rings is 2. The van der Waals surface area contributed by atoms with Gasteiger partial charge in [-0.25, -0.2) is 13.6 Å². The molecule has 9 N–H and O–H groups in total. The van der Waals surface area contributed by atoms with Crippen molar-refractivity contribution in [2.75, 3.05) is 19.7 Å². The summed E-state index contributed by atoms with van der Waals surface area (Å²) in [7, 11) is 0. The zero-order chi connectivity index (χ0) is 43.2. The van der Waals surface area contributed by atoms with Crippen molar-refractivity contribution in [3.63, 3.8) is 0 Å². The Morgan fingerprint density at radius 1 is 0.862 bits per heavy atom. The summed E-state index contributed by atoms with van der Waals surface area (Å²) in [6.07, 6.45) is -1.59. The number of rotatable bonds is 22. The first-order chi connectivity index (χ1) is 27.3. The summed E-state index contributed by atoms with van der Waals surface area (Å²) in [4.78, 5) is 76.3. The van der Waals surface area contributed by atoms with Crippen molar-refractivity contribution >= 4 is 35.6 Å². The summed E-state index contributed by atoms with van der Waals surface area (Å²) in [5, 5.41) is 45.2. The van der Waals surface area contributed by atoms with Gasteiger partial charge in [-0.15, -0.1) is 0 Å². The fourth-order valence-corrected chi connectivity index (χ4v) is 6.40. The first kappa shape index (κ1) is 46.7. The number of carbonyl (C=O) groups is 6. The Kier molecular flexibility index (Phi) is 17.5. The van der Waals surface area contributed by atoms with Crippen LogP contribution in [0.2, 0.25) is 0 Å². The number of nitrogens with one attached hydrogen (secondary N) is 3. The number of aliphatic hydroxyl groups is 2. The van der Waals surface area contributed by atoms with Crippen molar-refractivity contribution < 1.29 is 58.0 Å². The van der Waals surface area contributed by atoms with E-state index < -0.39 is 96.4 Å². The highest BCUT2D eigenvalue weighted by Crippen LogP contribution is 2.41. The highest BCUT2D eigenvalue weighted by molar-refractivity contribution is 5.88. The van der Waals surface area contributed by atoms with Crippen molar-refractivity contribution in [2.24, 2.45) is 11.1 Å². The lowest BCUT2D eigenvalue weighted by molar-refractivity contribution is -0.143. The predicted molar refractivity (Wildman–Crippen MR) is 206 cm³/mol. The molecule has 0 aliphatic carbocycles. The molecule has 58 heavy (non-hydrogen) atoms. The van der Waals surface area contributed by atoms with E-state index in [0.717, 1.165) is 23.8 Å². The quantitative estimate of drug-likeness (QED) is 0.0683. The molecule has 16 nitrogen and oxygen atoms in total. The van der Waals surface area contributed by atoms with E-state index in [1.165, 1.54) is 4.90 Å². The van der Waals surface area contributed by atoms with E-state index in [1.54, 1.807) is 16.8 Å². The minimum Gasteiger partial charge on any atom is -0.481 e. The van der Waals surface area contributed by atoms with E-state index in [4.69, 9.17) is 10.8 Å². The average molecular weight is 815 g/mol. The van der Waals surface area contributed by atoms with E-state index in [1.807, 2.05) is 51.1 Å². The molecule has 0 bridgehead atoms. The van der Waals surface area contributed by atoms with Gasteiger partial charge >= 0.3 is 11.9 Å². The Hall–Kier alpha value is -5.72. The lowest BCUT2D eigenvalue weighted by Gasteiger charge is -2.41. The SMILES string of the molecule is CC(C)(C)[C@H](c1cc(-c2cc(F)ccc2F)cn1Cc1ccccc1)N(CC[C@H](NC(=O)CCC(N)O)C(=O)NCCC(=O)N[C@H](CCC(=O)O)C(=O)O)C(=O)CO. The van der Waals surface area contributed by atoms with Crippen LogP contribution in [0.25, 0.3) is 11.1 Å². The molecule has 0 aliphatic heterocycles. The Labute approximate surface area is 334 Å². The van der Waals surface area contributed by atoms with Crippen molar-refractivity contribution in [1.82, 2.24) is 25.4 Å². The third-order valence-corrected chi connectivity index (χ3v) is 9.14. The second-order valence-corrected chi connectivity index (χ2v) is 14.9. The Morgan fingerprint density at radius 3 is 2.12 bits per heavy atom. The van der Waals surface area contributed by atoms with Crippen molar-refractivity contribution in [2.45, 2.75) is 90.2 Å². The molecule has 1 unspecified atom stereocenters. The number of hydrogen-bond donors (Lipinski definition) is 8. The van der Waals surface area contributed by atoms with Crippen molar-refractivity contribution in [3.05, 3.63) is 83.7 Å². The van der Waals surface area contributed by atoms with Crippen LogP contribution in [0.4, 0.5) is 8.78 Å². The fourth-order valence-electron chi connectivity index (χ4n) is 6.40. The minimum atomic E-state index is -1.48. The standard InChI is InChI=1S/C40H52F2N6O10/c1-40(2,3)37(31-19-25(27-20-26(41)9-10-28(27)42)22-47(31)21-24-7-5-4-6-8-24)48(35(53)23-49)18-16-29(45-33(51)13-12-32(43)50)38(56)44-17-15-34(52)46-30(39(57)58)11-14-36(54)55/h4-10,19-20,22,29-30,32,37,49-50H,11-18,21,23,43H2,1-3H3,(H,44,56)(H,45,51)(H,46,52)(H,54,55)(H,57,58)/t29-,30+,32?,37-/m0/s1. The zero-order valence-electron chi connectivity index (χ0n) is 32.6. The molecule has 316 valence electrons. The van der Waals surface area contributed by atoms with Crippen LogP contribution in [-0.4, -0.2) is 103 Å². The molecular formula is C40H52F2N6O10. The number of aromatic nitrogens is 1. The van der Waals surface area contributed by atoms with Crippen LogP contribution in [-0.2, 0) is 35.3 Å². The molecule has 1 heterocycles. The molecule has 0 saturated carbocycles. The maximum atomic E-state index is 15.1. The van der Waals surface area contributed by atoms with Crippen LogP contribution in [0.5, 0.6) is 0 Å². The van der Waals surface area contributed by atoms with Crippen molar-refractivity contribution in [1.29, 1.82) is 0 Å². The molecule has 2 aromatic carbocycles. The highest BCUT2D eigenvalue weighted by atomic mass is 19.1. The third-order valence-electron chi connectivity index (χ3n) is 9.14. The number of carboxylic acids is 2. The van der Waals surface area contributed by atoms with Gasteiger partial charge in [0.15, 0.2) is 0 Å². The van der Waals surface area contributed by atoms with E-state index in [9.17, 15) is 48.5 Å². The molecule has 1 aromatic heterocycles. The number of aliphatic carboxylic acids is 2. The van der Waals surface area contributed by atoms with Gasteiger partial charge in [-0.2, -0.15) is 0 Å². The van der Waals surface area contributed by atoms with Gasteiger partial charge in [0.25, 0.3) is 0 Å². The minimum absolute atomic E-state index is 0.0183. The molecule has 4 atom stereocenters. The molecular weight excluding hydrogens is 762 g/mol. The van der Waals surface area contributed by atoms with Crippen LogP contribution in [0.1, 0.15) is 76.6 Å². The number of halogens is 2. The summed E-state index contributed by atoms with van der Waals surface area (Å²) >= 11 is 0. The second kappa shape index (κ2) is 21.7. The lowest BCUT2D eigenvalue weighted by Crippen LogP contribution is -2.51.